The van der Waals surface area contributed by atoms with Gasteiger partial charge in [-0.15, -0.1) is 0 Å². The quantitative estimate of drug-likeness (QED) is 0.859. The lowest BCUT2D eigenvalue weighted by Gasteiger charge is -2.20. The topological polar surface area (TPSA) is 57.6 Å². The average Bonchev–Trinajstić information content (AvgIpc) is 2.91. The summed E-state index contributed by atoms with van der Waals surface area (Å²) in [6, 6.07) is 7.42. The molecule has 4 heteroatoms. The molecule has 0 radical (unpaired) electrons. The minimum absolute atomic E-state index is 0.204. The fraction of sp³-hybridized carbons (Fsp3) is 0.231. The molecule has 1 aromatic carbocycles. The summed E-state index contributed by atoms with van der Waals surface area (Å²) in [5, 5.41) is 0. The van der Waals surface area contributed by atoms with E-state index in [0.717, 1.165) is 22.6 Å². The molecule has 0 amide bonds. The van der Waals surface area contributed by atoms with Gasteiger partial charge in [0.15, 0.2) is 11.5 Å². The normalized spacial score (nSPS) is 15.6. The van der Waals surface area contributed by atoms with Crippen molar-refractivity contribution in [2.75, 3.05) is 13.2 Å². The maximum absolute atomic E-state index is 6.14. The van der Waals surface area contributed by atoms with Gasteiger partial charge in [0.1, 0.15) is 13.2 Å². The third kappa shape index (κ3) is 1.87. The van der Waals surface area contributed by atoms with E-state index in [1.54, 1.807) is 12.5 Å². The summed E-state index contributed by atoms with van der Waals surface area (Å²) >= 11 is 0. The van der Waals surface area contributed by atoms with Crippen LogP contribution in [0.25, 0.3) is 0 Å². The van der Waals surface area contributed by atoms with Crippen molar-refractivity contribution >= 4 is 0 Å². The van der Waals surface area contributed by atoms with Crippen LogP contribution in [0.3, 0.4) is 0 Å². The Balaban J connectivity index is 1.93. The van der Waals surface area contributed by atoms with Gasteiger partial charge in [0.05, 0.1) is 18.6 Å². The van der Waals surface area contributed by atoms with E-state index < -0.39 is 0 Å². The summed E-state index contributed by atoms with van der Waals surface area (Å²) < 4.78 is 16.0. The minimum atomic E-state index is -0.204. The zero-order valence-corrected chi connectivity index (χ0v) is 9.26. The van der Waals surface area contributed by atoms with Gasteiger partial charge in [-0.3, -0.25) is 0 Å². The molecule has 1 aliphatic rings. The van der Waals surface area contributed by atoms with Crippen molar-refractivity contribution in [3.8, 4) is 11.5 Å². The molecule has 1 aromatic heterocycles. The molecule has 17 heavy (non-hydrogen) atoms. The summed E-state index contributed by atoms with van der Waals surface area (Å²) in [5.41, 5.74) is 8.07. The maximum atomic E-state index is 6.14. The van der Waals surface area contributed by atoms with E-state index in [-0.39, 0.29) is 6.04 Å². The number of ether oxygens (including phenoxy) is 2. The molecule has 2 N–H and O–H groups in total. The number of furan rings is 1. The van der Waals surface area contributed by atoms with Crippen LogP contribution in [0.15, 0.2) is 41.2 Å². The Kier molecular flexibility index (Phi) is 2.49. The molecule has 0 saturated carbocycles. The van der Waals surface area contributed by atoms with E-state index in [4.69, 9.17) is 19.6 Å². The molecule has 88 valence electrons. The molecular formula is C13H13NO3. The summed E-state index contributed by atoms with van der Waals surface area (Å²) in [7, 11) is 0. The Bertz CT molecular complexity index is 507. The van der Waals surface area contributed by atoms with Gasteiger partial charge in [0, 0.05) is 5.56 Å². The van der Waals surface area contributed by atoms with E-state index in [0.29, 0.717) is 13.2 Å². The number of nitrogens with two attached hydrogens (primary N) is 1. The lowest BCUT2D eigenvalue weighted by atomic mass is 10.0. The molecule has 0 aliphatic carbocycles. The van der Waals surface area contributed by atoms with Gasteiger partial charge in [0.2, 0.25) is 0 Å². The van der Waals surface area contributed by atoms with Crippen LogP contribution in [0.4, 0.5) is 0 Å². The second-order valence-corrected chi connectivity index (χ2v) is 3.94. The Labute approximate surface area is 98.9 Å². The summed E-state index contributed by atoms with van der Waals surface area (Å²) in [6.07, 6.45) is 3.27. The largest absolute Gasteiger partial charge is 0.486 e. The molecular weight excluding hydrogens is 218 g/mol. The van der Waals surface area contributed by atoms with Crippen molar-refractivity contribution in [1.29, 1.82) is 0 Å². The average molecular weight is 231 g/mol. The van der Waals surface area contributed by atoms with Crippen LogP contribution in [0.1, 0.15) is 17.2 Å². The number of fused-ring (bicyclic) bond motifs is 1. The van der Waals surface area contributed by atoms with Crippen LogP contribution in [0.5, 0.6) is 11.5 Å². The van der Waals surface area contributed by atoms with E-state index in [1.165, 1.54) is 0 Å². The van der Waals surface area contributed by atoms with E-state index in [9.17, 15) is 0 Å². The van der Waals surface area contributed by atoms with Gasteiger partial charge < -0.3 is 19.6 Å². The zero-order valence-electron chi connectivity index (χ0n) is 9.26. The highest BCUT2D eigenvalue weighted by atomic mass is 16.6. The Morgan fingerprint density at radius 3 is 2.59 bits per heavy atom. The van der Waals surface area contributed by atoms with Crippen molar-refractivity contribution < 1.29 is 13.9 Å². The van der Waals surface area contributed by atoms with E-state index >= 15 is 0 Å². The second-order valence-electron chi connectivity index (χ2n) is 3.94. The van der Waals surface area contributed by atoms with Gasteiger partial charge in [-0.05, 0) is 23.8 Å². The van der Waals surface area contributed by atoms with Gasteiger partial charge in [-0.2, -0.15) is 0 Å². The lowest BCUT2D eigenvalue weighted by molar-refractivity contribution is 0.171. The highest BCUT2D eigenvalue weighted by Gasteiger charge is 2.16. The molecule has 1 unspecified atom stereocenters. The maximum Gasteiger partial charge on any atom is 0.161 e. The molecule has 1 aliphatic heterocycles. The Hall–Kier alpha value is -1.94. The molecule has 3 rings (SSSR count). The van der Waals surface area contributed by atoms with Crippen LogP contribution in [-0.4, -0.2) is 13.2 Å². The minimum Gasteiger partial charge on any atom is -0.486 e. The number of hydrogen-bond acceptors (Lipinski definition) is 4. The molecule has 2 aromatic rings. The SMILES string of the molecule is NC(c1ccoc1)c1ccc2c(c1)OCCO2. The van der Waals surface area contributed by atoms with E-state index in [1.807, 2.05) is 24.3 Å². The Morgan fingerprint density at radius 1 is 1.00 bits per heavy atom. The lowest BCUT2D eigenvalue weighted by Crippen LogP contribution is -2.17. The third-order valence-electron chi connectivity index (χ3n) is 2.83. The third-order valence-corrected chi connectivity index (χ3v) is 2.83. The van der Waals surface area contributed by atoms with Crippen LogP contribution >= 0.6 is 0 Å². The first-order valence-electron chi connectivity index (χ1n) is 5.52. The van der Waals surface area contributed by atoms with Crippen molar-refractivity contribution in [2.24, 2.45) is 5.73 Å². The molecule has 0 bridgehead atoms. The predicted octanol–water partition coefficient (Wildman–Crippen LogP) is 2.10. The number of hydrogen-bond donors (Lipinski definition) is 1. The smallest absolute Gasteiger partial charge is 0.161 e. The summed E-state index contributed by atoms with van der Waals surface area (Å²) in [6.45, 7) is 1.18. The van der Waals surface area contributed by atoms with Gasteiger partial charge in [0.25, 0.3) is 0 Å². The first-order chi connectivity index (χ1) is 8.34. The number of benzene rings is 1. The monoisotopic (exact) mass is 231 g/mol. The van der Waals surface area contributed by atoms with Crippen LogP contribution in [-0.2, 0) is 0 Å². The molecule has 4 nitrogen and oxygen atoms in total. The zero-order chi connectivity index (χ0) is 11.7. The Morgan fingerprint density at radius 2 is 1.82 bits per heavy atom. The number of rotatable bonds is 2. The standard InChI is InChI=1S/C13H13NO3/c14-13(10-3-4-15-8-10)9-1-2-11-12(7-9)17-6-5-16-11/h1-4,7-8,13H,5-6,14H2. The summed E-state index contributed by atoms with van der Waals surface area (Å²) in [4.78, 5) is 0. The van der Waals surface area contributed by atoms with Gasteiger partial charge >= 0.3 is 0 Å². The molecule has 0 saturated heterocycles. The van der Waals surface area contributed by atoms with Gasteiger partial charge in [-0.25, -0.2) is 0 Å². The van der Waals surface area contributed by atoms with E-state index in [2.05, 4.69) is 0 Å². The highest BCUT2D eigenvalue weighted by molar-refractivity contribution is 5.46. The molecule has 2 heterocycles. The van der Waals surface area contributed by atoms with Crippen molar-refractivity contribution in [2.45, 2.75) is 6.04 Å². The van der Waals surface area contributed by atoms with Gasteiger partial charge in [-0.1, -0.05) is 6.07 Å². The van der Waals surface area contributed by atoms with Crippen molar-refractivity contribution in [1.82, 2.24) is 0 Å². The molecule has 0 spiro atoms. The molecule has 1 atom stereocenters. The summed E-state index contributed by atoms with van der Waals surface area (Å²) in [5.74, 6) is 1.53. The van der Waals surface area contributed by atoms with Crippen LogP contribution in [0.2, 0.25) is 0 Å². The van der Waals surface area contributed by atoms with Crippen LogP contribution < -0.4 is 15.2 Å². The predicted molar refractivity (Wildman–Crippen MR) is 62.2 cm³/mol. The first kappa shape index (κ1) is 10.2. The molecule has 0 fully saturated rings. The first-order valence-corrected chi connectivity index (χ1v) is 5.52. The van der Waals surface area contributed by atoms with Crippen molar-refractivity contribution in [3.05, 3.63) is 47.9 Å². The van der Waals surface area contributed by atoms with Crippen LogP contribution in [0, 0.1) is 0 Å². The second kappa shape index (κ2) is 4.14. The highest BCUT2D eigenvalue weighted by Crippen LogP contribution is 2.33. The van der Waals surface area contributed by atoms with Crippen molar-refractivity contribution in [3.63, 3.8) is 0 Å². The fourth-order valence-electron chi connectivity index (χ4n) is 1.90. The fourth-order valence-corrected chi connectivity index (χ4v) is 1.90.